The van der Waals surface area contributed by atoms with Gasteiger partial charge in [0.25, 0.3) is 5.91 Å². The Labute approximate surface area is 139 Å². The smallest absolute Gasteiger partial charge is 0.313 e. The lowest BCUT2D eigenvalue weighted by molar-refractivity contribution is -0.148. The molecule has 1 aliphatic rings. The van der Waals surface area contributed by atoms with Crippen molar-refractivity contribution in [3.05, 3.63) is 52.7 Å². The number of benzene rings is 1. The van der Waals surface area contributed by atoms with Crippen LogP contribution in [-0.2, 0) is 20.7 Å². The standard InChI is InChI=1S/C18H18N2O4/c1-10-3-4-13-8-14-7-12(5-6-15(14)24-17(13)20-10)11(2)18(22)23-9-16(19)21/h3-7,11H,8-9H2,1-2H3,(H2,19,21). The van der Waals surface area contributed by atoms with Gasteiger partial charge < -0.3 is 15.2 Å². The number of fused-ring (bicyclic) bond motifs is 2. The van der Waals surface area contributed by atoms with Crippen LogP contribution in [0.5, 0.6) is 11.6 Å². The molecule has 2 N–H and O–H groups in total. The Bertz CT molecular complexity index is 817. The van der Waals surface area contributed by atoms with Gasteiger partial charge in [-0.05, 0) is 37.1 Å². The minimum Gasteiger partial charge on any atom is -0.455 e. The maximum atomic E-state index is 12.0. The normalized spacial score (nSPS) is 13.2. The van der Waals surface area contributed by atoms with Crippen molar-refractivity contribution in [1.82, 2.24) is 4.98 Å². The highest BCUT2D eigenvalue weighted by molar-refractivity contribution is 5.82. The Morgan fingerprint density at radius 2 is 2.08 bits per heavy atom. The van der Waals surface area contributed by atoms with Gasteiger partial charge in [0.2, 0.25) is 5.88 Å². The Balaban J connectivity index is 1.80. The molecule has 2 aromatic rings. The zero-order chi connectivity index (χ0) is 17.3. The molecule has 24 heavy (non-hydrogen) atoms. The summed E-state index contributed by atoms with van der Waals surface area (Å²) in [5.74, 6) is -0.282. The van der Waals surface area contributed by atoms with E-state index in [0.717, 1.165) is 28.1 Å². The molecule has 0 spiro atoms. The third kappa shape index (κ3) is 3.22. The molecule has 0 bridgehead atoms. The number of nitrogens with zero attached hydrogens (tertiary/aromatic N) is 1. The first-order chi connectivity index (χ1) is 11.4. The van der Waals surface area contributed by atoms with Gasteiger partial charge in [0.05, 0.1) is 5.92 Å². The predicted octanol–water partition coefficient (Wildman–Crippen LogP) is 2.22. The van der Waals surface area contributed by atoms with E-state index >= 15 is 0 Å². The molecule has 1 aromatic heterocycles. The summed E-state index contributed by atoms with van der Waals surface area (Å²) in [6.07, 6.45) is 0.689. The van der Waals surface area contributed by atoms with Crippen LogP contribution in [0.1, 0.15) is 35.2 Å². The van der Waals surface area contributed by atoms with Gasteiger partial charge in [-0.3, -0.25) is 9.59 Å². The molecule has 2 heterocycles. The Morgan fingerprint density at radius 1 is 1.29 bits per heavy atom. The van der Waals surface area contributed by atoms with Crippen LogP contribution in [0.15, 0.2) is 30.3 Å². The molecule has 3 rings (SSSR count). The minimum absolute atomic E-state index is 0.407. The zero-order valence-corrected chi connectivity index (χ0v) is 13.5. The first kappa shape index (κ1) is 16.0. The first-order valence-corrected chi connectivity index (χ1v) is 7.66. The molecule has 0 aliphatic carbocycles. The van der Waals surface area contributed by atoms with E-state index in [-0.39, 0.29) is 0 Å². The summed E-state index contributed by atoms with van der Waals surface area (Å²) < 4.78 is 10.7. The highest BCUT2D eigenvalue weighted by Gasteiger charge is 2.22. The predicted molar refractivity (Wildman–Crippen MR) is 86.9 cm³/mol. The van der Waals surface area contributed by atoms with Gasteiger partial charge >= 0.3 is 5.97 Å². The van der Waals surface area contributed by atoms with Crippen LogP contribution in [0.2, 0.25) is 0 Å². The second-order valence-electron chi connectivity index (χ2n) is 5.86. The summed E-state index contributed by atoms with van der Waals surface area (Å²) in [6.45, 7) is 3.24. The van der Waals surface area contributed by atoms with E-state index in [9.17, 15) is 9.59 Å². The molecule has 1 aromatic carbocycles. The zero-order valence-electron chi connectivity index (χ0n) is 13.5. The third-order valence-electron chi connectivity index (χ3n) is 3.96. The summed E-state index contributed by atoms with van der Waals surface area (Å²) >= 11 is 0. The van der Waals surface area contributed by atoms with Gasteiger partial charge in [0.1, 0.15) is 5.75 Å². The number of hydrogen-bond donors (Lipinski definition) is 1. The van der Waals surface area contributed by atoms with Crippen molar-refractivity contribution in [2.45, 2.75) is 26.2 Å². The molecule has 6 heteroatoms. The summed E-state index contributed by atoms with van der Waals surface area (Å²) in [5.41, 5.74) is 8.69. The number of aryl methyl sites for hydroxylation is 1. The van der Waals surface area contributed by atoms with E-state index in [4.69, 9.17) is 15.2 Å². The van der Waals surface area contributed by atoms with Crippen LogP contribution < -0.4 is 10.5 Å². The molecule has 1 amide bonds. The number of aromatic nitrogens is 1. The maximum Gasteiger partial charge on any atom is 0.313 e. The lowest BCUT2D eigenvalue weighted by atomic mass is 9.95. The topological polar surface area (TPSA) is 91.5 Å². The van der Waals surface area contributed by atoms with Gasteiger partial charge in [0, 0.05) is 17.7 Å². The quantitative estimate of drug-likeness (QED) is 0.742. The van der Waals surface area contributed by atoms with Gasteiger partial charge in [0.15, 0.2) is 6.61 Å². The van der Waals surface area contributed by atoms with Crippen LogP contribution >= 0.6 is 0 Å². The molecule has 1 aliphatic heterocycles. The van der Waals surface area contributed by atoms with E-state index in [1.54, 1.807) is 6.92 Å². The fourth-order valence-corrected chi connectivity index (χ4v) is 2.60. The lowest BCUT2D eigenvalue weighted by Gasteiger charge is -2.21. The van der Waals surface area contributed by atoms with E-state index in [1.807, 2.05) is 37.3 Å². The summed E-state index contributed by atoms with van der Waals surface area (Å²) in [5, 5.41) is 0. The Hall–Kier alpha value is -2.89. The van der Waals surface area contributed by atoms with Gasteiger partial charge in [-0.25, -0.2) is 4.98 Å². The van der Waals surface area contributed by atoms with Gasteiger partial charge in [-0.1, -0.05) is 18.2 Å². The second kappa shape index (κ2) is 6.31. The van der Waals surface area contributed by atoms with E-state index in [0.29, 0.717) is 12.3 Å². The summed E-state index contributed by atoms with van der Waals surface area (Å²) in [4.78, 5) is 27.1. The maximum absolute atomic E-state index is 12.0. The van der Waals surface area contributed by atoms with Crippen molar-refractivity contribution in [2.75, 3.05) is 6.61 Å². The number of carbonyl (C=O) groups is 2. The van der Waals surface area contributed by atoms with Crippen molar-refractivity contribution in [2.24, 2.45) is 5.73 Å². The summed E-state index contributed by atoms with van der Waals surface area (Å²) in [7, 11) is 0. The average Bonchev–Trinajstić information content (AvgIpc) is 2.56. The van der Waals surface area contributed by atoms with Crippen molar-refractivity contribution in [3.63, 3.8) is 0 Å². The SMILES string of the molecule is Cc1ccc2c(n1)Oc1ccc(C(C)C(=O)OCC(N)=O)cc1C2. The molecule has 0 radical (unpaired) electrons. The number of carbonyl (C=O) groups excluding carboxylic acids is 2. The average molecular weight is 326 g/mol. The number of amides is 1. The van der Waals surface area contributed by atoms with Crippen LogP contribution in [-0.4, -0.2) is 23.5 Å². The van der Waals surface area contributed by atoms with Crippen LogP contribution in [0.3, 0.4) is 0 Å². The highest BCUT2D eigenvalue weighted by Crippen LogP contribution is 2.36. The van der Waals surface area contributed by atoms with Crippen LogP contribution in [0.4, 0.5) is 0 Å². The third-order valence-corrected chi connectivity index (χ3v) is 3.96. The van der Waals surface area contributed by atoms with Crippen LogP contribution in [0, 0.1) is 6.92 Å². The number of nitrogens with two attached hydrogens (primary N) is 1. The number of hydrogen-bond acceptors (Lipinski definition) is 5. The van der Waals surface area contributed by atoms with Crippen molar-refractivity contribution in [3.8, 4) is 11.6 Å². The van der Waals surface area contributed by atoms with Gasteiger partial charge in [-0.2, -0.15) is 0 Å². The van der Waals surface area contributed by atoms with Crippen molar-refractivity contribution < 1.29 is 19.1 Å². The van der Waals surface area contributed by atoms with Crippen LogP contribution in [0.25, 0.3) is 0 Å². The molecule has 0 saturated carbocycles. The number of ether oxygens (including phenoxy) is 2. The molecule has 0 fully saturated rings. The molecule has 0 saturated heterocycles. The molecular weight excluding hydrogens is 308 g/mol. The largest absolute Gasteiger partial charge is 0.455 e. The number of primary amides is 1. The minimum atomic E-state index is -0.672. The monoisotopic (exact) mass is 326 g/mol. The molecule has 1 unspecified atom stereocenters. The number of pyridine rings is 1. The fraction of sp³-hybridized carbons (Fsp3) is 0.278. The number of rotatable bonds is 4. The summed E-state index contributed by atoms with van der Waals surface area (Å²) in [6, 6.07) is 9.51. The van der Waals surface area contributed by atoms with Crippen molar-refractivity contribution >= 4 is 11.9 Å². The Morgan fingerprint density at radius 3 is 2.83 bits per heavy atom. The van der Waals surface area contributed by atoms with E-state index in [1.165, 1.54) is 0 Å². The molecule has 1 atom stereocenters. The molecule has 124 valence electrons. The van der Waals surface area contributed by atoms with Gasteiger partial charge in [-0.15, -0.1) is 0 Å². The van der Waals surface area contributed by atoms with Crippen molar-refractivity contribution in [1.29, 1.82) is 0 Å². The fourth-order valence-electron chi connectivity index (χ4n) is 2.60. The molecule has 6 nitrogen and oxygen atoms in total. The number of esters is 1. The molecular formula is C18H18N2O4. The van der Waals surface area contributed by atoms with E-state index < -0.39 is 24.4 Å². The van der Waals surface area contributed by atoms with E-state index in [2.05, 4.69) is 4.98 Å². The highest BCUT2D eigenvalue weighted by atomic mass is 16.5. The lowest BCUT2D eigenvalue weighted by Crippen LogP contribution is -2.23. The Kier molecular flexibility index (Phi) is 4.20. The second-order valence-corrected chi connectivity index (χ2v) is 5.86. The first-order valence-electron chi connectivity index (χ1n) is 7.66.